The van der Waals surface area contributed by atoms with E-state index in [-0.39, 0.29) is 17.0 Å². The summed E-state index contributed by atoms with van der Waals surface area (Å²) in [5.41, 5.74) is 1.26. The average molecular weight is 335 g/mol. The van der Waals surface area contributed by atoms with E-state index in [1.807, 2.05) is 6.92 Å². The number of carbonyl (C=O) groups excluding carboxylic acids is 1. The van der Waals surface area contributed by atoms with E-state index >= 15 is 0 Å². The van der Waals surface area contributed by atoms with Gasteiger partial charge in [-0.25, -0.2) is 4.39 Å². The second-order valence-corrected chi connectivity index (χ2v) is 6.74. The molecule has 1 N–H and O–H groups in total. The third-order valence-corrected chi connectivity index (χ3v) is 5.04. The Morgan fingerprint density at radius 3 is 3.17 bits per heavy atom. The highest BCUT2D eigenvalue weighted by atomic mass is 32.2. The van der Waals surface area contributed by atoms with Crippen molar-refractivity contribution in [3.8, 4) is 5.69 Å². The Balaban J connectivity index is 1.76. The van der Waals surface area contributed by atoms with Gasteiger partial charge in [-0.3, -0.25) is 4.79 Å². The molecule has 0 spiro atoms. The number of rotatable bonds is 4. The lowest BCUT2D eigenvalue weighted by Gasteiger charge is -2.12. The first-order chi connectivity index (χ1) is 11.1. The molecule has 2 heterocycles. The zero-order valence-corrected chi connectivity index (χ0v) is 13.6. The van der Waals surface area contributed by atoms with Crippen LogP contribution in [0.5, 0.6) is 0 Å². The van der Waals surface area contributed by atoms with Crippen LogP contribution < -0.4 is 5.32 Å². The Morgan fingerprint density at radius 1 is 1.43 bits per heavy atom. The van der Waals surface area contributed by atoms with Crippen molar-refractivity contribution in [2.24, 2.45) is 0 Å². The largest absolute Gasteiger partial charge is 0.355 e. The molecule has 1 aromatic carbocycles. The molecule has 3 rings (SSSR count). The lowest BCUT2D eigenvalue weighted by Crippen LogP contribution is -2.30. The normalized spacial score (nSPS) is 18.5. The van der Waals surface area contributed by atoms with Crippen molar-refractivity contribution in [2.75, 3.05) is 6.54 Å². The maximum atomic E-state index is 14.0. The van der Waals surface area contributed by atoms with Gasteiger partial charge in [0.25, 0.3) is 0 Å². The molecule has 1 saturated heterocycles. The molecule has 0 unspecified atom stereocenters. The van der Waals surface area contributed by atoms with Crippen molar-refractivity contribution in [1.29, 1.82) is 0 Å². The molecular formula is C15H18FN5OS. The van der Waals surface area contributed by atoms with E-state index in [2.05, 4.69) is 20.8 Å². The molecule has 6 nitrogen and oxygen atoms in total. The van der Waals surface area contributed by atoms with E-state index in [1.54, 1.807) is 12.1 Å². The van der Waals surface area contributed by atoms with Crippen LogP contribution >= 0.6 is 11.8 Å². The highest BCUT2D eigenvalue weighted by Gasteiger charge is 2.22. The molecule has 1 atom stereocenters. The standard InChI is InChI=1S/C15H18FN5OS/c1-10-5-6-11(16)12(8-10)21-14(18-19-20-21)9-23-13-4-2-3-7-17-15(13)22/h5-6,8,13H,2-4,7,9H2,1H3,(H,17,22)/t13-/m1/s1. The predicted molar refractivity (Wildman–Crippen MR) is 85.8 cm³/mol. The van der Waals surface area contributed by atoms with Crippen LogP contribution in [0.1, 0.15) is 30.7 Å². The van der Waals surface area contributed by atoms with E-state index in [0.29, 0.717) is 17.3 Å². The smallest absolute Gasteiger partial charge is 0.233 e. The average Bonchev–Trinajstić information content (AvgIpc) is 2.90. The Morgan fingerprint density at radius 2 is 2.30 bits per heavy atom. The molecule has 1 aliphatic heterocycles. The third-order valence-electron chi connectivity index (χ3n) is 3.76. The Kier molecular flexibility index (Phi) is 4.90. The summed E-state index contributed by atoms with van der Waals surface area (Å²) in [5.74, 6) is 0.685. The first-order valence-electron chi connectivity index (χ1n) is 7.58. The Hall–Kier alpha value is -1.96. The predicted octanol–water partition coefficient (Wildman–Crippen LogP) is 2.01. The first-order valence-corrected chi connectivity index (χ1v) is 8.63. The minimum atomic E-state index is -0.374. The van der Waals surface area contributed by atoms with Crippen LogP contribution in [0.2, 0.25) is 0 Å². The molecular weight excluding hydrogens is 317 g/mol. The number of nitrogens with zero attached hydrogens (tertiary/aromatic N) is 4. The van der Waals surface area contributed by atoms with Gasteiger partial charge in [-0.1, -0.05) is 12.5 Å². The Bertz CT molecular complexity index is 705. The summed E-state index contributed by atoms with van der Waals surface area (Å²) in [6.07, 6.45) is 2.87. The third kappa shape index (κ3) is 3.69. The van der Waals surface area contributed by atoms with Crippen molar-refractivity contribution in [3.63, 3.8) is 0 Å². The number of aryl methyl sites for hydroxylation is 1. The molecule has 0 bridgehead atoms. The number of benzene rings is 1. The van der Waals surface area contributed by atoms with Crippen molar-refractivity contribution in [3.05, 3.63) is 35.4 Å². The SMILES string of the molecule is Cc1ccc(F)c(-n2nnnc2CS[C@@H]2CCCCNC2=O)c1. The van der Waals surface area contributed by atoms with E-state index in [9.17, 15) is 9.18 Å². The number of thioether (sulfide) groups is 1. The summed E-state index contributed by atoms with van der Waals surface area (Å²) < 4.78 is 15.4. The summed E-state index contributed by atoms with van der Waals surface area (Å²) in [4.78, 5) is 12.0. The molecule has 1 amide bonds. The van der Waals surface area contributed by atoms with Crippen LogP contribution in [0.3, 0.4) is 0 Å². The van der Waals surface area contributed by atoms with Gasteiger partial charge in [0.2, 0.25) is 5.91 Å². The molecule has 1 aromatic heterocycles. The number of carbonyl (C=O) groups is 1. The van der Waals surface area contributed by atoms with Crippen molar-refractivity contribution < 1.29 is 9.18 Å². The number of amides is 1. The van der Waals surface area contributed by atoms with Crippen molar-refractivity contribution in [1.82, 2.24) is 25.5 Å². The number of nitrogens with one attached hydrogen (secondary N) is 1. The van der Waals surface area contributed by atoms with Gasteiger partial charge >= 0.3 is 0 Å². The molecule has 0 aliphatic carbocycles. The monoisotopic (exact) mass is 335 g/mol. The van der Waals surface area contributed by atoms with Gasteiger partial charge < -0.3 is 5.32 Å². The number of hydrogen-bond donors (Lipinski definition) is 1. The number of hydrogen-bond acceptors (Lipinski definition) is 5. The summed E-state index contributed by atoms with van der Waals surface area (Å²) >= 11 is 1.50. The van der Waals surface area contributed by atoms with Crippen LogP contribution in [0.25, 0.3) is 5.69 Å². The van der Waals surface area contributed by atoms with Gasteiger partial charge in [0, 0.05) is 6.54 Å². The second-order valence-electron chi connectivity index (χ2n) is 5.55. The van der Waals surface area contributed by atoms with Gasteiger partial charge in [-0.15, -0.1) is 16.9 Å². The maximum absolute atomic E-state index is 14.0. The van der Waals surface area contributed by atoms with Crippen LogP contribution in [0.4, 0.5) is 4.39 Å². The fourth-order valence-electron chi connectivity index (χ4n) is 2.51. The minimum Gasteiger partial charge on any atom is -0.355 e. The van der Waals surface area contributed by atoms with Gasteiger partial charge in [0.05, 0.1) is 11.0 Å². The molecule has 8 heteroatoms. The highest BCUT2D eigenvalue weighted by Crippen LogP contribution is 2.24. The minimum absolute atomic E-state index is 0.0632. The number of halogens is 1. The van der Waals surface area contributed by atoms with Gasteiger partial charge in [-0.05, 0) is 47.9 Å². The van der Waals surface area contributed by atoms with Crippen LogP contribution in [0.15, 0.2) is 18.2 Å². The summed E-state index contributed by atoms with van der Waals surface area (Å²) in [6.45, 7) is 2.62. The van der Waals surface area contributed by atoms with E-state index in [4.69, 9.17) is 0 Å². The van der Waals surface area contributed by atoms with Gasteiger partial charge in [0.1, 0.15) is 11.5 Å². The quantitative estimate of drug-likeness (QED) is 0.925. The zero-order chi connectivity index (χ0) is 16.2. The first kappa shape index (κ1) is 15.9. The van der Waals surface area contributed by atoms with Crippen LogP contribution in [-0.2, 0) is 10.5 Å². The van der Waals surface area contributed by atoms with E-state index in [1.165, 1.54) is 22.5 Å². The molecule has 0 radical (unpaired) electrons. The second kappa shape index (κ2) is 7.08. The molecule has 122 valence electrons. The fourth-order valence-corrected chi connectivity index (χ4v) is 3.61. The van der Waals surface area contributed by atoms with E-state index in [0.717, 1.165) is 31.4 Å². The van der Waals surface area contributed by atoms with Crippen LogP contribution in [0, 0.1) is 12.7 Å². The molecule has 0 saturated carbocycles. The lowest BCUT2D eigenvalue weighted by molar-refractivity contribution is -0.120. The Labute approximate surface area is 137 Å². The molecule has 1 aliphatic rings. The fraction of sp³-hybridized carbons (Fsp3) is 0.467. The summed E-state index contributed by atoms with van der Waals surface area (Å²) in [7, 11) is 0. The molecule has 2 aromatic rings. The van der Waals surface area contributed by atoms with Gasteiger partial charge in [-0.2, -0.15) is 4.68 Å². The number of tetrazole rings is 1. The highest BCUT2D eigenvalue weighted by molar-refractivity contribution is 7.99. The summed E-state index contributed by atoms with van der Waals surface area (Å²) in [6, 6.07) is 4.81. The molecule has 23 heavy (non-hydrogen) atoms. The summed E-state index contributed by atoms with van der Waals surface area (Å²) in [5, 5.41) is 14.3. The molecule has 1 fully saturated rings. The number of aromatic nitrogens is 4. The van der Waals surface area contributed by atoms with Crippen molar-refractivity contribution >= 4 is 17.7 Å². The van der Waals surface area contributed by atoms with Gasteiger partial charge in [0.15, 0.2) is 5.82 Å². The maximum Gasteiger partial charge on any atom is 0.233 e. The van der Waals surface area contributed by atoms with Crippen molar-refractivity contribution in [2.45, 2.75) is 37.2 Å². The lowest BCUT2D eigenvalue weighted by atomic mass is 10.2. The zero-order valence-electron chi connectivity index (χ0n) is 12.8. The van der Waals surface area contributed by atoms with Crippen LogP contribution in [-0.4, -0.2) is 37.9 Å². The topological polar surface area (TPSA) is 72.7 Å². The van der Waals surface area contributed by atoms with E-state index < -0.39 is 0 Å².